The molecule has 120 valence electrons. The van der Waals surface area contributed by atoms with Gasteiger partial charge in [-0.25, -0.2) is 0 Å². The van der Waals surface area contributed by atoms with Gasteiger partial charge in [-0.1, -0.05) is 13.8 Å². The van der Waals surface area contributed by atoms with E-state index in [0.717, 1.165) is 31.2 Å². The number of likely N-dealkylation sites (tertiary alicyclic amines) is 1. The lowest BCUT2D eigenvalue weighted by atomic mass is 10.2. The standard InChI is InChI=1S/C17H31N3O/c1-13(2)9-18-10-17-8-15(14(3)21-17)11-20-7-6-16(12-20)19(4)5/h8,13,16,18H,6-7,9-12H2,1-5H3. The van der Waals surface area contributed by atoms with E-state index in [0.29, 0.717) is 12.0 Å². The first-order chi connectivity index (χ1) is 9.95. The molecule has 1 N–H and O–H groups in total. The number of furan rings is 1. The molecule has 1 aliphatic heterocycles. The van der Waals surface area contributed by atoms with Crippen molar-refractivity contribution < 1.29 is 4.42 Å². The fourth-order valence-electron chi connectivity index (χ4n) is 2.93. The Bertz CT molecular complexity index is 439. The molecule has 0 amide bonds. The smallest absolute Gasteiger partial charge is 0.118 e. The van der Waals surface area contributed by atoms with Crippen molar-refractivity contribution in [1.82, 2.24) is 15.1 Å². The van der Waals surface area contributed by atoms with Crippen LogP contribution in [0.4, 0.5) is 0 Å². The third kappa shape index (κ3) is 4.83. The molecule has 1 fully saturated rings. The van der Waals surface area contributed by atoms with Crippen LogP contribution in [-0.4, -0.2) is 49.6 Å². The molecule has 1 aromatic rings. The van der Waals surface area contributed by atoms with Gasteiger partial charge in [0.1, 0.15) is 11.5 Å². The van der Waals surface area contributed by atoms with Crippen molar-refractivity contribution in [1.29, 1.82) is 0 Å². The van der Waals surface area contributed by atoms with Crippen molar-refractivity contribution >= 4 is 0 Å². The summed E-state index contributed by atoms with van der Waals surface area (Å²) in [5.74, 6) is 2.81. The molecule has 0 aliphatic carbocycles. The molecule has 0 aromatic carbocycles. The van der Waals surface area contributed by atoms with Crippen LogP contribution in [0.15, 0.2) is 10.5 Å². The van der Waals surface area contributed by atoms with Crippen LogP contribution in [-0.2, 0) is 13.1 Å². The van der Waals surface area contributed by atoms with E-state index in [1.807, 2.05) is 0 Å². The van der Waals surface area contributed by atoms with E-state index in [1.165, 1.54) is 25.1 Å². The van der Waals surface area contributed by atoms with Crippen LogP contribution in [0.5, 0.6) is 0 Å². The summed E-state index contributed by atoms with van der Waals surface area (Å²) in [4.78, 5) is 4.87. The second kappa shape index (κ2) is 7.43. The highest BCUT2D eigenvalue weighted by molar-refractivity contribution is 5.21. The number of nitrogens with one attached hydrogen (secondary N) is 1. The molecule has 0 radical (unpaired) electrons. The van der Waals surface area contributed by atoms with Gasteiger partial charge in [-0.2, -0.15) is 0 Å². The van der Waals surface area contributed by atoms with Gasteiger partial charge in [0.2, 0.25) is 0 Å². The van der Waals surface area contributed by atoms with Crippen LogP contribution < -0.4 is 5.32 Å². The third-order valence-electron chi connectivity index (χ3n) is 4.30. The van der Waals surface area contributed by atoms with Crippen molar-refractivity contribution in [3.63, 3.8) is 0 Å². The van der Waals surface area contributed by atoms with Crippen LogP contribution in [0.25, 0.3) is 0 Å². The first kappa shape index (κ1) is 16.5. The molecule has 1 aliphatic rings. The number of nitrogens with zero attached hydrogens (tertiary/aromatic N) is 2. The summed E-state index contributed by atoms with van der Waals surface area (Å²) < 4.78 is 5.88. The molecule has 0 spiro atoms. The molecule has 2 rings (SSSR count). The van der Waals surface area contributed by atoms with Gasteiger partial charge >= 0.3 is 0 Å². The molecule has 1 aromatic heterocycles. The fraction of sp³-hybridized carbons (Fsp3) is 0.765. The van der Waals surface area contributed by atoms with E-state index in [2.05, 4.69) is 56.0 Å². The largest absolute Gasteiger partial charge is 0.465 e. The number of aryl methyl sites for hydroxylation is 1. The summed E-state index contributed by atoms with van der Waals surface area (Å²) in [6.45, 7) is 11.8. The Balaban J connectivity index is 1.85. The van der Waals surface area contributed by atoms with E-state index >= 15 is 0 Å². The third-order valence-corrected chi connectivity index (χ3v) is 4.30. The van der Waals surface area contributed by atoms with Gasteiger partial charge < -0.3 is 14.6 Å². The van der Waals surface area contributed by atoms with E-state index in [1.54, 1.807) is 0 Å². The van der Waals surface area contributed by atoms with Crippen molar-refractivity contribution in [2.45, 2.75) is 46.3 Å². The second-order valence-corrected chi connectivity index (χ2v) is 6.96. The molecule has 4 heteroatoms. The zero-order valence-corrected chi connectivity index (χ0v) is 14.3. The average Bonchev–Trinajstić information content (AvgIpc) is 2.98. The zero-order chi connectivity index (χ0) is 15.4. The summed E-state index contributed by atoms with van der Waals surface area (Å²) in [6, 6.07) is 2.93. The summed E-state index contributed by atoms with van der Waals surface area (Å²) in [7, 11) is 4.35. The number of hydrogen-bond acceptors (Lipinski definition) is 4. The summed E-state index contributed by atoms with van der Waals surface area (Å²) >= 11 is 0. The minimum Gasteiger partial charge on any atom is -0.465 e. The number of hydrogen-bond donors (Lipinski definition) is 1. The van der Waals surface area contributed by atoms with Crippen LogP contribution in [0.3, 0.4) is 0 Å². The molecule has 0 bridgehead atoms. The summed E-state index contributed by atoms with van der Waals surface area (Å²) in [6.07, 6.45) is 1.27. The monoisotopic (exact) mass is 293 g/mol. The van der Waals surface area contributed by atoms with Gasteiger partial charge in [-0.15, -0.1) is 0 Å². The lowest BCUT2D eigenvalue weighted by molar-refractivity contribution is 0.264. The predicted molar refractivity (Wildman–Crippen MR) is 87.4 cm³/mol. The van der Waals surface area contributed by atoms with Gasteiger partial charge in [-0.05, 0) is 46.0 Å². The Labute approximate surface area is 129 Å². The Kier molecular flexibility index (Phi) is 5.85. The topological polar surface area (TPSA) is 31.7 Å². The molecular formula is C17H31N3O. The van der Waals surface area contributed by atoms with Crippen molar-refractivity contribution in [3.05, 3.63) is 23.2 Å². The Hall–Kier alpha value is -0.840. The van der Waals surface area contributed by atoms with E-state index in [9.17, 15) is 0 Å². The number of likely N-dealkylation sites (N-methyl/N-ethyl adjacent to an activating group) is 1. The Morgan fingerprint density at radius 3 is 2.81 bits per heavy atom. The minimum absolute atomic E-state index is 0.674. The van der Waals surface area contributed by atoms with Crippen molar-refractivity contribution in [3.8, 4) is 0 Å². The highest BCUT2D eigenvalue weighted by Gasteiger charge is 2.24. The summed E-state index contributed by atoms with van der Waals surface area (Å²) in [5.41, 5.74) is 1.34. The molecule has 1 atom stereocenters. The maximum atomic E-state index is 5.88. The van der Waals surface area contributed by atoms with E-state index < -0.39 is 0 Å². The fourth-order valence-corrected chi connectivity index (χ4v) is 2.93. The van der Waals surface area contributed by atoms with Crippen molar-refractivity contribution in [2.75, 3.05) is 33.7 Å². The normalized spacial score (nSPS) is 20.0. The van der Waals surface area contributed by atoms with Crippen LogP contribution in [0.1, 0.15) is 37.4 Å². The molecule has 0 saturated carbocycles. The van der Waals surface area contributed by atoms with Gasteiger partial charge in [0.15, 0.2) is 0 Å². The molecular weight excluding hydrogens is 262 g/mol. The molecule has 1 saturated heterocycles. The molecule has 1 unspecified atom stereocenters. The van der Waals surface area contributed by atoms with Crippen LogP contribution in [0.2, 0.25) is 0 Å². The van der Waals surface area contributed by atoms with Gasteiger partial charge in [-0.3, -0.25) is 4.90 Å². The first-order valence-electron chi connectivity index (χ1n) is 8.13. The predicted octanol–water partition coefficient (Wildman–Crippen LogP) is 2.47. The molecule has 2 heterocycles. The maximum absolute atomic E-state index is 5.88. The van der Waals surface area contributed by atoms with E-state index in [-0.39, 0.29) is 0 Å². The molecule has 21 heavy (non-hydrogen) atoms. The SMILES string of the molecule is Cc1oc(CNCC(C)C)cc1CN1CCC(N(C)C)C1. The Morgan fingerprint density at radius 1 is 1.43 bits per heavy atom. The van der Waals surface area contributed by atoms with Crippen LogP contribution in [0, 0.1) is 12.8 Å². The lowest BCUT2D eigenvalue weighted by Crippen LogP contribution is -2.31. The van der Waals surface area contributed by atoms with Crippen molar-refractivity contribution in [2.24, 2.45) is 5.92 Å². The average molecular weight is 293 g/mol. The van der Waals surface area contributed by atoms with Gasteiger partial charge in [0.25, 0.3) is 0 Å². The highest BCUT2D eigenvalue weighted by Crippen LogP contribution is 2.20. The maximum Gasteiger partial charge on any atom is 0.118 e. The second-order valence-electron chi connectivity index (χ2n) is 6.96. The zero-order valence-electron chi connectivity index (χ0n) is 14.3. The van der Waals surface area contributed by atoms with Crippen LogP contribution >= 0.6 is 0 Å². The first-order valence-corrected chi connectivity index (χ1v) is 8.13. The minimum atomic E-state index is 0.674. The van der Waals surface area contributed by atoms with E-state index in [4.69, 9.17) is 4.42 Å². The quantitative estimate of drug-likeness (QED) is 0.837. The highest BCUT2D eigenvalue weighted by atomic mass is 16.3. The Morgan fingerprint density at radius 2 is 2.19 bits per heavy atom. The van der Waals surface area contributed by atoms with Gasteiger partial charge in [0, 0.05) is 31.2 Å². The summed E-state index contributed by atoms with van der Waals surface area (Å²) in [5, 5.41) is 3.44. The molecule has 4 nitrogen and oxygen atoms in total. The lowest BCUT2D eigenvalue weighted by Gasteiger charge is -2.20. The van der Waals surface area contributed by atoms with Gasteiger partial charge in [0.05, 0.1) is 6.54 Å². The number of rotatable bonds is 7.